The zero-order valence-corrected chi connectivity index (χ0v) is 10.6. The topological polar surface area (TPSA) is 47.7 Å². The van der Waals surface area contributed by atoms with Gasteiger partial charge in [0.25, 0.3) is 0 Å². The molecule has 5 heteroatoms. The number of aromatic nitrogens is 4. The van der Waals surface area contributed by atoms with E-state index in [-0.39, 0.29) is 6.04 Å². The lowest BCUT2D eigenvalue weighted by Crippen LogP contribution is -2.26. The fourth-order valence-corrected chi connectivity index (χ4v) is 2.03. The summed E-state index contributed by atoms with van der Waals surface area (Å²) in [5, 5.41) is 7.70. The van der Waals surface area contributed by atoms with Crippen LogP contribution in [0.1, 0.15) is 24.5 Å². The predicted octanol–water partition coefficient (Wildman–Crippen LogP) is 1.05. The first kappa shape index (κ1) is 11.9. The Bertz CT molecular complexity index is 471. The molecule has 1 unspecified atom stereocenters. The minimum atomic E-state index is 0.258. The monoisotopic (exact) mass is 233 g/mol. The quantitative estimate of drug-likeness (QED) is 0.839. The summed E-state index contributed by atoms with van der Waals surface area (Å²) in [5.41, 5.74) is 1.19. The van der Waals surface area contributed by atoms with Gasteiger partial charge in [-0.1, -0.05) is 6.92 Å². The molecular weight excluding hydrogens is 214 g/mol. The molecule has 2 aromatic heterocycles. The molecule has 5 nitrogen and oxygen atoms in total. The highest BCUT2D eigenvalue weighted by molar-refractivity contribution is 5.10. The van der Waals surface area contributed by atoms with Gasteiger partial charge in [-0.3, -0.25) is 4.68 Å². The van der Waals surface area contributed by atoms with Crippen LogP contribution >= 0.6 is 0 Å². The van der Waals surface area contributed by atoms with E-state index < -0.39 is 0 Å². The number of hydrogen-bond acceptors (Lipinski definition) is 3. The number of likely N-dealkylation sites (N-methyl/N-ethyl adjacent to an activating group) is 1. The van der Waals surface area contributed by atoms with Crippen molar-refractivity contribution >= 4 is 0 Å². The van der Waals surface area contributed by atoms with E-state index in [1.807, 2.05) is 37.4 Å². The minimum Gasteiger partial charge on any atom is -0.338 e. The Hall–Kier alpha value is -1.62. The fraction of sp³-hybridized carbons (Fsp3) is 0.500. The normalized spacial score (nSPS) is 12.9. The van der Waals surface area contributed by atoms with Crippen LogP contribution in [-0.4, -0.2) is 25.9 Å². The molecule has 2 rings (SSSR count). The highest BCUT2D eigenvalue weighted by atomic mass is 15.3. The first-order valence-electron chi connectivity index (χ1n) is 5.89. The molecule has 0 aliphatic carbocycles. The molecule has 17 heavy (non-hydrogen) atoms. The zero-order valence-electron chi connectivity index (χ0n) is 10.6. The van der Waals surface area contributed by atoms with Crippen molar-refractivity contribution in [3.63, 3.8) is 0 Å². The first-order valence-corrected chi connectivity index (χ1v) is 5.89. The van der Waals surface area contributed by atoms with Crippen LogP contribution in [0.4, 0.5) is 0 Å². The highest BCUT2D eigenvalue weighted by Crippen LogP contribution is 2.16. The predicted molar refractivity (Wildman–Crippen MR) is 66.5 cm³/mol. The molecule has 0 aliphatic heterocycles. The fourth-order valence-electron chi connectivity index (χ4n) is 2.03. The third-order valence-corrected chi connectivity index (χ3v) is 2.97. The Morgan fingerprint density at radius 3 is 2.71 bits per heavy atom. The highest BCUT2D eigenvalue weighted by Gasteiger charge is 2.16. The van der Waals surface area contributed by atoms with E-state index >= 15 is 0 Å². The van der Waals surface area contributed by atoms with Crippen LogP contribution in [0.3, 0.4) is 0 Å². The number of nitrogens with zero attached hydrogens (tertiary/aromatic N) is 4. The van der Waals surface area contributed by atoms with Crippen LogP contribution < -0.4 is 5.32 Å². The van der Waals surface area contributed by atoms with Gasteiger partial charge in [0.2, 0.25) is 0 Å². The van der Waals surface area contributed by atoms with E-state index in [0.29, 0.717) is 0 Å². The number of nitrogens with one attached hydrogen (secondary N) is 1. The summed E-state index contributed by atoms with van der Waals surface area (Å²) in [5.74, 6) is 1.08. The zero-order chi connectivity index (χ0) is 12.3. The summed E-state index contributed by atoms with van der Waals surface area (Å²) in [6.07, 6.45) is 6.51. The molecule has 0 amide bonds. The Morgan fingerprint density at radius 2 is 2.18 bits per heavy atom. The third kappa shape index (κ3) is 2.55. The summed E-state index contributed by atoms with van der Waals surface area (Å²) in [6.45, 7) is 3.04. The lowest BCUT2D eigenvalue weighted by Gasteiger charge is -2.17. The molecule has 0 saturated heterocycles. The SMILES string of the molecule is CCNC(Cc1nccn1C)c1ccnn1C. The smallest absolute Gasteiger partial charge is 0.110 e. The maximum Gasteiger partial charge on any atom is 0.110 e. The van der Waals surface area contributed by atoms with Gasteiger partial charge in [-0.25, -0.2) is 4.98 Å². The largest absolute Gasteiger partial charge is 0.338 e. The molecule has 1 N–H and O–H groups in total. The van der Waals surface area contributed by atoms with Gasteiger partial charge in [0.15, 0.2) is 0 Å². The van der Waals surface area contributed by atoms with Crippen LogP contribution in [0, 0.1) is 0 Å². The summed E-state index contributed by atoms with van der Waals surface area (Å²) in [6, 6.07) is 2.31. The van der Waals surface area contributed by atoms with E-state index in [1.165, 1.54) is 5.69 Å². The average Bonchev–Trinajstić information content (AvgIpc) is 2.88. The van der Waals surface area contributed by atoms with Crippen molar-refractivity contribution in [2.75, 3.05) is 6.54 Å². The lowest BCUT2D eigenvalue weighted by atomic mass is 10.1. The second-order valence-corrected chi connectivity index (χ2v) is 4.15. The molecule has 2 aromatic rings. The van der Waals surface area contributed by atoms with Crippen molar-refractivity contribution < 1.29 is 0 Å². The van der Waals surface area contributed by atoms with E-state index in [0.717, 1.165) is 18.8 Å². The average molecular weight is 233 g/mol. The van der Waals surface area contributed by atoms with Crippen molar-refractivity contribution in [3.8, 4) is 0 Å². The standard InChI is InChI=1S/C12H19N5/c1-4-13-10(11-5-6-15-17(11)3)9-12-14-7-8-16(12)2/h5-8,10,13H,4,9H2,1-3H3. The Morgan fingerprint density at radius 1 is 1.35 bits per heavy atom. The van der Waals surface area contributed by atoms with Crippen LogP contribution in [0.2, 0.25) is 0 Å². The Kier molecular flexibility index (Phi) is 3.58. The molecule has 0 spiro atoms. The first-order chi connectivity index (χ1) is 8.22. The second kappa shape index (κ2) is 5.14. The molecule has 0 fully saturated rings. The molecule has 92 valence electrons. The van der Waals surface area contributed by atoms with Gasteiger partial charge in [-0.2, -0.15) is 5.10 Å². The molecule has 0 saturated carbocycles. The van der Waals surface area contributed by atoms with Crippen molar-refractivity contribution in [3.05, 3.63) is 36.2 Å². The van der Waals surface area contributed by atoms with Crippen molar-refractivity contribution in [2.24, 2.45) is 14.1 Å². The van der Waals surface area contributed by atoms with Gasteiger partial charge in [-0.05, 0) is 12.6 Å². The van der Waals surface area contributed by atoms with E-state index in [1.54, 1.807) is 0 Å². The maximum absolute atomic E-state index is 4.37. The summed E-state index contributed by atoms with van der Waals surface area (Å²) >= 11 is 0. The van der Waals surface area contributed by atoms with Gasteiger partial charge in [0.05, 0.1) is 11.7 Å². The van der Waals surface area contributed by atoms with Crippen molar-refractivity contribution in [2.45, 2.75) is 19.4 Å². The molecule has 0 bridgehead atoms. The van der Waals surface area contributed by atoms with E-state index in [9.17, 15) is 0 Å². The van der Waals surface area contributed by atoms with Gasteiger partial charge >= 0.3 is 0 Å². The van der Waals surface area contributed by atoms with Gasteiger partial charge in [0.1, 0.15) is 5.82 Å². The molecule has 1 atom stereocenters. The van der Waals surface area contributed by atoms with Crippen LogP contribution in [0.5, 0.6) is 0 Å². The molecule has 2 heterocycles. The van der Waals surface area contributed by atoms with E-state index in [4.69, 9.17) is 0 Å². The van der Waals surface area contributed by atoms with Gasteiger partial charge < -0.3 is 9.88 Å². The molecule has 0 radical (unpaired) electrons. The Labute approximate surface area is 101 Å². The lowest BCUT2D eigenvalue weighted by molar-refractivity contribution is 0.492. The van der Waals surface area contributed by atoms with Crippen LogP contribution in [0.25, 0.3) is 0 Å². The molecular formula is C12H19N5. The minimum absolute atomic E-state index is 0.258. The molecule has 0 aliphatic rings. The number of imidazole rings is 1. The third-order valence-electron chi connectivity index (χ3n) is 2.97. The summed E-state index contributed by atoms with van der Waals surface area (Å²) in [7, 11) is 3.99. The van der Waals surface area contributed by atoms with Crippen LogP contribution in [0.15, 0.2) is 24.7 Å². The number of rotatable bonds is 5. The number of hydrogen-bond donors (Lipinski definition) is 1. The van der Waals surface area contributed by atoms with Crippen molar-refractivity contribution in [1.82, 2.24) is 24.6 Å². The van der Waals surface area contributed by atoms with Crippen LogP contribution in [-0.2, 0) is 20.5 Å². The summed E-state index contributed by atoms with van der Waals surface area (Å²) < 4.78 is 3.97. The van der Waals surface area contributed by atoms with Gasteiger partial charge in [0, 0.05) is 39.1 Å². The second-order valence-electron chi connectivity index (χ2n) is 4.15. The van der Waals surface area contributed by atoms with Gasteiger partial charge in [-0.15, -0.1) is 0 Å². The Balaban J connectivity index is 2.19. The maximum atomic E-state index is 4.37. The van der Waals surface area contributed by atoms with E-state index in [2.05, 4.69) is 33.0 Å². The number of aryl methyl sites for hydroxylation is 2. The van der Waals surface area contributed by atoms with Crippen molar-refractivity contribution in [1.29, 1.82) is 0 Å². The molecule has 0 aromatic carbocycles. The summed E-state index contributed by atoms with van der Waals surface area (Å²) in [4.78, 5) is 4.37.